The second-order valence-electron chi connectivity index (χ2n) is 14.4. The van der Waals surface area contributed by atoms with Gasteiger partial charge in [-0.15, -0.1) is 0 Å². The van der Waals surface area contributed by atoms with E-state index in [0.717, 1.165) is 28.5 Å². The molecule has 3 heterocycles. The lowest BCUT2D eigenvalue weighted by Gasteiger charge is -2.23. The van der Waals surface area contributed by atoms with Crippen molar-refractivity contribution in [3.05, 3.63) is 174 Å². The summed E-state index contributed by atoms with van der Waals surface area (Å²) in [6.45, 7) is 1.92. The Hall–Kier alpha value is -7.27. The van der Waals surface area contributed by atoms with Crippen LogP contribution in [0.3, 0.4) is 0 Å². The highest BCUT2D eigenvalue weighted by atomic mass is 19.4. The van der Waals surface area contributed by atoms with Crippen molar-refractivity contribution in [3.63, 3.8) is 0 Å². The molecule has 10 rings (SSSR count). The molecule has 11 heteroatoms. The molecular formula is C48H29F6N5. The minimum Gasteiger partial charge on any atom is -0.309 e. The van der Waals surface area contributed by atoms with E-state index in [1.807, 2.05) is 91.9 Å². The minimum absolute atomic E-state index is 0.102. The predicted molar refractivity (Wildman–Crippen MR) is 220 cm³/mol. The Kier molecular flexibility index (Phi) is 8.20. The van der Waals surface area contributed by atoms with Gasteiger partial charge in [0.05, 0.1) is 39.0 Å². The summed E-state index contributed by atoms with van der Waals surface area (Å²) in [6.07, 6.45) is -9.65. The third-order valence-corrected chi connectivity index (χ3v) is 10.6. The molecule has 288 valence electrons. The highest BCUT2D eigenvalue weighted by molar-refractivity contribution is 6.11. The number of nitrogens with zero attached hydrogens (tertiary/aromatic N) is 5. The van der Waals surface area contributed by atoms with Gasteiger partial charge in [0, 0.05) is 38.2 Å². The fourth-order valence-corrected chi connectivity index (χ4v) is 8.08. The summed E-state index contributed by atoms with van der Waals surface area (Å²) in [5.41, 5.74) is 1.60. The molecule has 0 saturated heterocycles. The second kappa shape index (κ2) is 13.4. The molecule has 59 heavy (non-hydrogen) atoms. The quantitative estimate of drug-likeness (QED) is 0.163. The number of alkyl halides is 6. The molecule has 0 fully saturated rings. The van der Waals surface area contributed by atoms with E-state index in [1.54, 1.807) is 47.0 Å². The van der Waals surface area contributed by atoms with Gasteiger partial charge in [-0.25, -0.2) is 15.0 Å². The summed E-state index contributed by atoms with van der Waals surface area (Å²) in [5, 5.41) is 2.02. The van der Waals surface area contributed by atoms with Gasteiger partial charge in [0.25, 0.3) is 0 Å². The van der Waals surface area contributed by atoms with Crippen molar-refractivity contribution in [2.24, 2.45) is 0 Å². The summed E-state index contributed by atoms with van der Waals surface area (Å²) in [5.74, 6) is 0.716. The van der Waals surface area contributed by atoms with Crippen molar-refractivity contribution < 1.29 is 26.3 Å². The average Bonchev–Trinajstić information content (AvgIpc) is 3.75. The third kappa shape index (κ3) is 6.08. The van der Waals surface area contributed by atoms with Gasteiger partial charge in [0.1, 0.15) is 5.56 Å². The normalized spacial score (nSPS) is 12.3. The van der Waals surface area contributed by atoms with Crippen LogP contribution in [0.1, 0.15) is 16.7 Å². The van der Waals surface area contributed by atoms with E-state index < -0.39 is 23.5 Å². The standard InChI is InChI=1S/C48H29F6N5/c1-28-20-22-39-35(24-28)33-16-8-10-18-37(33)58(39)41-25-31(46-56-44(29-12-4-2-5-13-29)55-45(57-46)30-14-6-3-7-15-30)26-42(43(41)48(52,53)54)59-38-19-11-9-17-34(38)36-27-32(47(49,50)51)21-23-40(36)59/h2-27H,1H3. The van der Waals surface area contributed by atoms with Gasteiger partial charge in [-0.2, -0.15) is 26.3 Å². The minimum atomic E-state index is -4.97. The second-order valence-corrected chi connectivity index (χ2v) is 14.4. The molecule has 5 nitrogen and oxygen atoms in total. The molecule has 0 bridgehead atoms. The van der Waals surface area contributed by atoms with E-state index in [4.69, 9.17) is 15.0 Å². The summed E-state index contributed by atoms with van der Waals surface area (Å²) < 4.78 is 94.2. The van der Waals surface area contributed by atoms with E-state index in [0.29, 0.717) is 44.7 Å². The summed E-state index contributed by atoms with van der Waals surface area (Å²) in [6, 6.07) is 43.8. The summed E-state index contributed by atoms with van der Waals surface area (Å²) in [7, 11) is 0. The van der Waals surface area contributed by atoms with Gasteiger partial charge in [0.2, 0.25) is 0 Å². The van der Waals surface area contributed by atoms with Crippen molar-refractivity contribution in [2.45, 2.75) is 19.3 Å². The van der Waals surface area contributed by atoms with Crippen LogP contribution < -0.4 is 0 Å². The van der Waals surface area contributed by atoms with Gasteiger partial charge in [-0.1, -0.05) is 109 Å². The van der Waals surface area contributed by atoms with E-state index >= 15 is 13.2 Å². The number of aromatic nitrogens is 5. The van der Waals surface area contributed by atoms with Gasteiger partial charge < -0.3 is 9.13 Å². The Morgan fingerprint density at radius 1 is 0.390 bits per heavy atom. The zero-order valence-corrected chi connectivity index (χ0v) is 31.0. The molecule has 0 amide bonds. The lowest BCUT2D eigenvalue weighted by atomic mass is 10.0. The highest BCUT2D eigenvalue weighted by Crippen LogP contribution is 2.46. The van der Waals surface area contributed by atoms with Crippen molar-refractivity contribution in [3.8, 4) is 45.5 Å². The van der Waals surface area contributed by atoms with Crippen LogP contribution in [-0.4, -0.2) is 24.1 Å². The first kappa shape index (κ1) is 36.1. The fraction of sp³-hybridized carbons (Fsp3) is 0.0625. The van der Waals surface area contributed by atoms with E-state index in [2.05, 4.69) is 0 Å². The maximum atomic E-state index is 16.3. The van der Waals surface area contributed by atoms with Gasteiger partial charge in [-0.3, -0.25) is 0 Å². The molecule has 0 spiro atoms. The Labute approximate surface area is 332 Å². The summed E-state index contributed by atoms with van der Waals surface area (Å²) in [4.78, 5) is 14.6. The van der Waals surface area contributed by atoms with Crippen LogP contribution in [0.25, 0.3) is 89.2 Å². The van der Waals surface area contributed by atoms with Crippen LogP contribution in [0.2, 0.25) is 0 Å². The number of benzene rings is 7. The number of aryl methyl sites for hydroxylation is 1. The van der Waals surface area contributed by atoms with Crippen molar-refractivity contribution in [1.82, 2.24) is 24.1 Å². The average molecular weight is 790 g/mol. The zero-order valence-electron chi connectivity index (χ0n) is 31.0. The first-order chi connectivity index (χ1) is 28.4. The smallest absolute Gasteiger partial charge is 0.309 e. The van der Waals surface area contributed by atoms with Crippen LogP contribution in [0.15, 0.2) is 158 Å². The molecule has 0 radical (unpaired) electrons. The number of hydrogen-bond donors (Lipinski definition) is 0. The Bertz CT molecular complexity index is 3200. The van der Waals surface area contributed by atoms with Crippen molar-refractivity contribution >= 4 is 43.6 Å². The molecule has 7 aromatic carbocycles. The molecule has 10 aromatic rings. The first-order valence-corrected chi connectivity index (χ1v) is 18.7. The topological polar surface area (TPSA) is 48.5 Å². The van der Waals surface area contributed by atoms with Gasteiger partial charge in [0.15, 0.2) is 17.5 Å². The molecule has 0 N–H and O–H groups in total. The largest absolute Gasteiger partial charge is 0.420 e. The molecule has 0 saturated carbocycles. The van der Waals surface area contributed by atoms with E-state index in [1.165, 1.54) is 22.8 Å². The van der Waals surface area contributed by atoms with Crippen molar-refractivity contribution in [2.75, 3.05) is 0 Å². The maximum absolute atomic E-state index is 16.3. The summed E-state index contributed by atoms with van der Waals surface area (Å²) >= 11 is 0. The fourth-order valence-electron chi connectivity index (χ4n) is 8.08. The third-order valence-electron chi connectivity index (χ3n) is 10.6. The van der Waals surface area contributed by atoms with E-state index in [-0.39, 0.29) is 33.7 Å². The first-order valence-electron chi connectivity index (χ1n) is 18.7. The SMILES string of the molecule is Cc1ccc2c(c1)c1ccccc1n2-c1cc(-c2nc(-c3ccccc3)nc(-c3ccccc3)n2)cc(-n2c3ccccc3c3cc(C(F)(F)F)ccc32)c1C(F)(F)F. The van der Waals surface area contributed by atoms with Crippen LogP contribution in [0.4, 0.5) is 26.3 Å². The van der Waals surface area contributed by atoms with Crippen LogP contribution in [-0.2, 0) is 12.4 Å². The number of rotatable bonds is 5. The monoisotopic (exact) mass is 789 g/mol. The number of hydrogen-bond acceptors (Lipinski definition) is 3. The Balaban J connectivity index is 1.38. The number of para-hydroxylation sites is 2. The van der Waals surface area contributed by atoms with Crippen LogP contribution in [0, 0.1) is 6.92 Å². The molecule has 0 aliphatic carbocycles. The Morgan fingerprint density at radius 3 is 1.31 bits per heavy atom. The zero-order chi connectivity index (χ0) is 40.6. The van der Waals surface area contributed by atoms with Crippen LogP contribution in [0.5, 0.6) is 0 Å². The van der Waals surface area contributed by atoms with Crippen LogP contribution >= 0.6 is 0 Å². The number of halogens is 6. The molecule has 0 unspecified atom stereocenters. The Morgan fingerprint density at radius 2 is 0.814 bits per heavy atom. The molecule has 3 aromatic heterocycles. The maximum Gasteiger partial charge on any atom is 0.420 e. The van der Waals surface area contributed by atoms with Gasteiger partial charge >= 0.3 is 12.4 Å². The molecule has 0 atom stereocenters. The lowest BCUT2D eigenvalue weighted by molar-refractivity contribution is -0.138. The molecular weight excluding hydrogens is 761 g/mol. The highest BCUT2D eigenvalue weighted by Gasteiger charge is 2.40. The molecule has 0 aliphatic heterocycles. The number of fused-ring (bicyclic) bond motifs is 6. The van der Waals surface area contributed by atoms with E-state index in [9.17, 15) is 13.2 Å². The molecule has 0 aliphatic rings. The predicted octanol–water partition coefficient (Wildman–Crippen LogP) is 13.4. The van der Waals surface area contributed by atoms with Crippen molar-refractivity contribution in [1.29, 1.82) is 0 Å². The lowest BCUT2D eigenvalue weighted by Crippen LogP contribution is -2.16. The van der Waals surface area contributed by atoms with Gasteiger partial charge in [-0.05, 0) is 61.5 Å².